The molecule has 0 bridgehead atoms. The molecule has 0 amide bonds. The molecule has 0 aliphatic carbocycles. The summed E-state index contributed by atoms with van der Waals surface area (Å²) < 4.78 is 11.0. The van der Waals surface area contributed by atoms with E-state index in [2.05, 4.69) is 10.3 Å². The Morgan fingerprint density at radius 3 is 3.12 bits per heavy atom. The summed E-state index contributed by atoms with van der Waals surface area (Å²) >= 11 is 1.93. The summed E-state index contributed by atoms with van der Waals surface area (Å²) in [6.07, 6.45) is 3.78. The molecule has 1 aromatic rings. The van der Waals surface area contributed by atoms with Crippen LogP contribution >= 0.6 is 11.8 Å². The predicted octanol–water partition coefficient (Wildman–Crippen LogP) is 1.48. The number of ether oxygens (including phenoxy) is 2. The molecule has 1 aliphatic rings. The SMILES string of the molecule is CNC(c1cncc(OC)c1)C1CSCCO1. The van der Waals surface area contributed by atoms with Crippen LogP contribution in [0.4, 0.5) is 0 Å². The Balaban J connectivity index is 2.15. The fraction of sp³-hybridized carbons (Fsp3) is 0.583. The minimum absolute atomic E-state index is 0.172. The van der Waals surface area contributed by atoms with E-state index in [4.69, 9.17) is 9.47 Å². The molecular formula is C12H18N2O2S. The summed E-state index contributed by atoms with van der Waals surface area (Å²) in [5, 5.41) is 3.31. The minimum Gasteiger partial charge on any atom is -0.495 e. The molecular weight excluding hydrogens is 236 g/mol. The van der Waals surface area contributed by atoms with Gasteiger partial charge in [-0.25, -0.2) is 0 Å². The lowest BCUT2D eigenvalue weighted by Gasteiger charge is -2.30. The highest BCUT2D eigenvalue weighted by molar-refractivity contribution is 7.99. The smallest absolute Gasteiger partial charge is 0.137 e. The summed E-state index contributed by atoms with van der Waals surface area (Å²) in [5.41, 5.74) is 1.11. The van der Waals surface area contributed by atoms with Gasteiger partial charge in [-0.3, -0.25) is 4.98 Å². The number of rotatable bonds is 4. The lowest BCUT2D eigenvalue weighted by atomic mass is 10.0. The summed E-state index contributed by atoms with van der Waals surface area (Å²) in [7, 11) is 3.61. The molecule has 17 heavy (non-hydrogen) atoms. The van der Waals surface area contributed by atoms with E-state index in [1.165, 1.54) is 0 Å². The van der Waals surface area contributed by atoms with Crippen LogP contribution in [0.1, 0.15) is 11.6 Å². The number of nitrogens with one attached hydrogen (secondary N) is 1. The number of nitrogens with zero attached hydrogens (tertiary/aromatic N) is 1. The van der Waals surface area contributed by atoms with Crippen LogP contribution in [-0.2, 0) is 4.74 Å². The molecule has 4 nitrogen and oxygen atoms in total. The largest absolute Gasteiger partial charge is 0.495 e. The second-order valence-electron chi connectivity index (χ2n) is 3.91. The van der Waals surface area contributed by atoms with Gasteiger partial charge in [0.2, 0.25) is 0 Å². The van der Waals surface area contributed by atoms with E-state index >= 15 is 0 Å². The molecule has 0 aromatic carbocycles. The molecule has 1 saturated heterocycles. The van der Waals surface area contributed by atoms with Crippen molar-refractivity contribution in [3.8, 4) is 5.75 Å². The van der Waals surface area contributed by atoms with E-state index in [0.717, 1.165) is 29.4 Å². The van der Waals surface area contributed by atoms with Crippen LogP contribution in [0.25, 0.3) is 0 Å². The number of aromatic nitrogens is 1. The van der Waals surface area contributed by atoms with Crippen LogP contribution < -0.4 is 10.1 Å². The van der Waals surface area contributed by atoms with E-state index in [1.54, 1.807) is 13.3 Å². The van der Waals surface area contributed by atoms with Crippen molar-refractivity contribution in [1.29, 1.82) is 0 Å². The van der Waals surface area contributed by atoms with E-state index in [1.807, 2.05) is 31.1 Å². The molecule has 1 aromatic heterocycles. The minimum atomic E-state index is 0.172. The first-order valence-corrected chi connectivity index (χ1v) is 6.86. The molecule has 2 rings (SSSR count). The molecule has 0 radical (unpaired) electrons. The van der Waals surface area contributed by atoms with Gasteiger partial charge in [-0.15, -0.1) is 0 Å². The Labute approximate surface area is 106 Å². The van der Waals surface area contributed by atoms with Crippen LogP contribution in [0.5, 0.6) is 5.75 Å². The number of hydrogen-bond donors (Lipinski definition) is 1. The molecule has 94 valence electrons. The molecule has 2 unspecified atom stereocenters. The van der Waals surface area contributed by atoms with Crippen LogP contribution in [0, 0.1) is 0 Å². The van der Waals surface area contributed by atoms with Crippen molar-refractivity contribution < 1.29 is 9.47 Å². The van der Waals surface area contributed by atoms with Gasteiger partial charge in [0.15, 0.2) is 0 Å². The fourth-order valence-corrected chi connectivity index (χ4v) is 2.88. The van der Waals surface area contributed by atoms with Crippen molar-refractivity contribution in [3.05, 3.63) is 24.0 Å². The maximum absolute atomic E-state index is 5.81. The fourth-order valence-electron chi connectivity index (χ4n) is 1.98. The topological polar surface area (TPSA) is 43.4 Å². The van der Waals surface area contributed by atoms with Crippen LogP contribution in [0.3, 0.4) is 0 Å². The number of thioether (sulfide) groups is 1. The van der Waals surface area contributed by atoms with Gasteiger partial charge in [-0.1, -0.05) is 0 Å². The zero-order valence-electron chi connectivity index (χ0n) is 10.2. The van der Waals surface area contributed by atoms with Crippen molar-refractivity contribution in [2.75, 3.05) is 32.3 Å². The molecule has 1 aliphatic heterocycles. The zero-order valence-corrected chi connectivity index (χ0v) is 11.0. The van der Waals surface area contributed by atoms with Gasteiger partial charge in [0.25, 0.3) is 0 Å². The first kappa shape index (κ1) is 12.7. The van der Waals surface area contributed by atoms with Crippen molar-refractivity contribution in [1.82, 2.24) is 10.3 Å². The third-order valence-electron chi connectivity index (χ3n) is 2.85. The molecule has 2 atom stereocenters. The Bertz CT molecular complexity index is 356. The van der Waals surface area contributed by atoms with E-state index in [9.17, 15) is 0 Å². The van der Waals surface area contributed by atoms with Crippen molar-refractivity contribution in [2.45, 2.75) is 12.1 Å². The molecule has 0 saturated carbocycles. The van der Waals surface area contributed by atoms with Gasteiger partial charge >= 0.3 is 0 Å². The summed E-state index contributed by atoms with van der Waals surface area (Å²) in [5.74, 6) is 2.89. The van der Waals surface area contributed by atoms with E-state index < -0.39 is 0 Å². The van der Waals surface area contributed by atoms with Gasteiger partial charge in [0, 0.05) is 17.7 Å². The lowest BCUT2D eigenvalue weighted by Crippen LogP contribution is -2.36. The molecule has 0 spiro atoms. The molecule has 1 N–H and O–H groups in total. The summed E-state index contributed by atoms with van der Waals surface area (Å²) in [6.45, 7) is 0.824. The number of hydrogen-bond acceptors (Lipinski definition) is 5. The van der Waals surface area contributed by atoms with E-state index in [-0.39, 0.29) is 12.1 Å². The maximum atomic E-state index is 5.81. The molecule has 5 heteroatoms. The second kappa shape index (κ2) is 6.23. The highest BCUT2D eigenvalue weighted by Gasteiger charge is 2.25. The standard InChI is InChI=1S/C12H18N2O2S/c1-13-12(11-8-17-4-3-16-11)9-5-10(15-2)7-14-6-9/h5-7,11-13H,3-4,8H2,1-2H3. The number of likely N-dealkylation sites (N-methyl/N-ethyl adjacent to an activating group) is 1. The second-order valence-corrected chi connectivity index (χ2v) is 5.06. The lowest BCUT2D eigenvalue weighted by molar-refractivity contribution is 0.0487. The highest BCUT2D eigenvalue weighted by atomic mass is 32.2. The quantitative estimate of drug-likeness (QED) is 0.881. The number of pyridine rings is 1. The van der Waals surface area contributed by atoms with Crippen LogP contribution in [0.2, 0.25) is 0 Å². The van der Waals surface area contributed by atoms with Crippen molar-refractivity contribution in [2.24, 2.45) is 0 Å². The van der Waals surface area contributed by atoms with Gasteiger partial charge in [0.1, 0.15) is 5.75 Å². The Morgan fingerprint density at radius 1 is 1.59 bits per heavy atom. The van der Waals surface area contributed by atoms with Crippen LogP contribution in [0.15, 0.2) is 18.5 Å². The van der Waals surface area contributed by atoms with Gasteiger partial charge in [-0.05, 0) is 18.7 Å². The van der Waals surface area contributed by atoms with E-state index in [0.29, 0.717) is 0 Å². The Morgan fingerprint density at radius 2 is 2.47 bits per heavy atom. The zero-order chi connectivity index (χ0) is 12.1. The Hall–Kier alpha value is -0.780. The number of methoxy groups -OCH3 is 1. The maximum Gasteiger partial charge on any atom is 0.137 e. The first-order valence-electron chi connectivity index (χ1n) is 5.70. The summed E-state index contributed by atoms with van der Waals surface area (Å²) in [4.78, 5) is 4.19. The average Bonchev–Trinajstić information content (AvgIpc) is 2.41. The average molecular weight is 254 g/mol. The molecule has 2 heterocycles. The highest BCUT2D eigenvalue weighted by Crippen LogP contribution is 2.26. The van der Waals surface area contributed by atoms with Crippen molar-refractivity contribution in [3.63, 3.8) is 0 Å². The molecule has 1 fully saturated rings. The third-order valence-corrected chi connectivity index (χ3v) is 3.87. The first-order chi connectivity index (χ1) is 8.35. The normalized spacial score (nSPS) is 22.1. The van der Waals surface area contributed by atoms with Gasteiger partial charge in [0.05, 0.1) is 32.1 Å². The van der Waals surface area contributed by atoms with Gasteiger partial charge < -0.3 is 14.8 Å². The van der Waals surface area contributed by atoms with Gasteiger partial charge in [-0.2, -0.15) is 11.8 Å². The third kappa shape index (κ3) is 3.12. The summed E-state index contributed by atoms with van der Waals surface area (Å²) in [6, 6.07) is 2.18. The Kier molecular flexibility index (Phi) is 4.65. The predicted molar refractivity (Wildman–Crippen MR) is 69.7 cm³/mol. The van der Waals surface area contributed by atoms with Crippen LogP contribution in [-0.4, -0.2) is 43.4 Å². The van der Waals surface area contributed by atoms with Crippen molar-refractivity contribution >= 4 is 11.8 Å². The monoisotopic (exact) mass is 254 g/mol.